The molecule has 0 aromatic heterocycles. The van der Waals surface area contributed by atoms with Gasteiger partial charge in [-0.15, -0.1) is 0 Å². The maximum Gasteiger partial charge on any atom is 0.143 e. The molecular formula is C22H36N6O. The van der Waals surface area contributed by atoms with Crippen LogP contribution in [0.3, 0.4) is 0 Å². The number of allylic oxidation sites excluding steroid dienone is 1. The topological polar surface area (TPSA) is 83.3 Å². The molecule has 1 aromatic carbocycles. The third-order valence-electron chi connectivity index (χ3n) is 6.11. The summed E-state index contributed by atoms with van der Waals surface area (Å²) >= 11 is 0. The minimum Gasteiger partial charge on any atom is -0.495 e. The van der Waals surface area contributed by atoms with E-state index in [1.54, 1.807) is 13.3 Å². The fourth-order valence-corrected chi connectivity index (χ4v) is 4.31. The molecule has 2 aliphatic heterocycles. The van der Waals surface area contributed by atoms with E-state index in [0.29, 0.717) is 24.0 Å². The molecule has 3 rings (SSSR count). The molecule has 0 bridgehead atoms. The molecule has 29 heavy (non-hydrogen) atoms. The Balaban J connectivity index is 1.80. The third-order valence-corrected chi connectivity index (χ3v) is 6.11. The summed E-state index contributed by atoms with van der Waals surface area (Å²) in [5.41, 5.74) is 15.8. The van der Waals surface area contributed by atoms with Crippen LogP contribution in [0.1, 0.15) is 25.3 Å². The van der Waals surface area contributed by atoms with Gasteiger partial charge in [0, 0.05) is 87.2 Å². The number of nitrogens with zero attached hydrogens (tertiary/aromatic N) is 4. The fourth-order valence-electron chi connectivity index (χ4n) is 4.31. The highest BCUT2D eigenvalue weighted by atomic mass is 16.5. The summed E-state index contributed by atoms with van der Waals surface area (Å²) in [6, 6.07) is 4.68. The van der Waals surface area contributed by atoms with Crippen LogP contribution in [0.15, 0.2) is 23.3 Å². The Morgan fingerprint density at radius 1 is 1.17 bits per heavy atom. The molecule has 2 saturated heterocycles. The van der Waals surface area contributed by atoms with Gasteiger partial charge in [0.05, 0.1) is 12.8 Å². The number of benzene rings is 1. The molecule has 7 nitrogen and oxygen atoms in total. The number of ether oxygens (including phenoxy) is 1. The Hall–Kier alpha value is -2.25. The summed E-state index contributed by atoms with van der Waals surface area (Å²) in [6.45, 7) is 9.44. The van der Waals surface area contributed by atoms with Gasteiger partial charge < -0.3 is 26.0 Å². The highest BCUT2D eigenvalue weighted by Crippen LogP contribution is 2.36. The maximum atomic E-state index is 6.22. The third kappa shape index (κ3) is 5.03. The molecule has 2 fully saturated rings. The molecule has 2 heterocycles. The van der Waals surface area contributed by atoms with E-state index in [4.69, 9.17) is 16.2 Å². The number of likely N-dealkylation sites (N-methyl/N-ethyl adjacent to an activating group) is 1. The summed E-state index contributed by atoms with van der Waals surface area (Å²) < 4.78 is 5.50. The lowest BCUT2D eigenvalue weighted by Gasteiger charge is -2.43. The molecule has 0 saturated carbocycles. The van der Waals surface area contributed by atoms with Crippen molar-refractivity contribution in [1.29, 1.82) is 0 Å². The summed E-state index contributed by atoms with van der Waals surface area (Å²) in [5.74, 6) is 0.703. The van der Waals surface area contributed by atoms with Gasteiger partial charge in [0.15, 0.2) is 0 Å². The SMILES string of the molecule is CCN=CC(=CN)c1cc(N)c(OC)cc1N1CCC(N2CCN(C)CC2)CC1. The number of nitrogen functional groups attached to an aromatic ring is 1. The quantitative estimate of drug-likeness (QED) is 0.560. The first-order valence-electron chi connectivity index (χ1n) is 10.6. The second kappa shape index (κ2) is 9.98. The van der Waals surface area contributed by atoms with Crippen LogP contribution in [-0.2, 0) is 0 Å². The second-order valence-electron chi connectivity index (χ2n) is 7.92. The molecule has 0 amide bonds. The van der Waals surface area contributed by atoms with Gasteiger partial charge >= 0.3 is 0 Å². The van der Waals surface area contributed by atoms with Gasteiger partial charge in [-0.1, -0.05) is 0 Å². The average Bonchev–Trinajstić information content (AvgIpc) is 2.75. The molecule has 2 aliphatic rings. The van der Waals surface area contributed by atoms with Crippen LogP contribution in [0.4, 0.5) is 11.4 Å². The van der Waals surface area contributed by atoms with Gasteiger partial charge in [0.1, 0.15) is 5.75 Å². The van der Waals surface area contributed by atoms with Crippen molar-refractivity contribution in [3.8, 4) is 5.75 Å². The van der Waals surface area contributed by atoms with Crippen LogP contribution in [0.2, 0.25) is 0 Å². The van der Waals surface area contributed by atoms with Gasteiger partial charge in [-0.25, -0.2) is 0 Å². The Bertz CT molecular complexity index is 731. The Kier molecular flexibility index (Phi) is 7.39. The molecule has 4 N–H and O–H groups in total. The molecule has 160 valence electrons. The van der Waals surface area contributed by atoms with Gasteiger partial charge in [-0.05, 0) is 32.9 Å². The van der Waals surface area contributed by atoms with Crippen molar-refractivity contribution < 1.29 is 4.74 Å². The Morgan fingerprint density at radius 2 is 1.86 bits per heavy atom. The number of piperidine rings is 1. The first kappa shape index (κ1) is 21.5. The van der Waals surface area contributed by atoms with Crippen molar-refractivity contribution in [2.75, 3.05) is 70.6 Å². The molecule has 0 radical (unpaired) electrons. The fraction of sp³-hybridized carbons (Fsp3) is 0.591. The van der Waals surface area contributed by atoms with E-state index in [9.17, 15) is 0 Å². The number of aliphatic imine (C=N–C) groups is 1. The first-order valence-corrected chi connectivity index (χ1v) is 10.6. The molecule has 0 unspecified atom stereocenters. The minimum atomic E-state index is 0.614. The lowest BCUT2D eigenvalue weighted by molar-refractivity contribution is 0.0982. The molecular weight excluding hydrogens is 364 g/mol. The number of hydrogen-bond acceptors (Lipinski definition) is 7. The number of methoxy groups -OCH3 is 1. The van der Waals surface area contributed by atoms with E-state index >= 15 is 0 Å². The van der Waals surface area contributed by atoms with Gasteiger partial charge in [-0.2, -0.15) is 0 Å². The van der Waals surface area contributed by atoms with Crippen LogP contribution >= 0.6 is 0 Å². The predicted molar refractivity (Wildman–Crippen MR) is 123 cm³/mol. The van der Waals surface area contributed by atoms with E-state index in [1.807, 2.05) is 25.3 Å². The zero-order valence-electron chi connectivity index (χ0n) is 18.1. The number of anilines is 2. The van der Waals surface area contributed by atoms with E-state index in [0.717, 1.165) is 29.9 Å². The standard InChI is InChI=1S/C22H36N6O/c1-4-25-16-17(15-23)19-13-20(24)22(29-3)14-21(19)28-7-5-18(6-8-28)27-11-9-26(2)10-12-27/h13-16,18H,4-12,23-24H2,1-3H3. The molecule has 0 atom stereocenters. The Labute approximate surface area is 175 Å². The van der Waals surface area contributed by atoms with Crippen LogP contribution in [0, 0.1) is 0 Å². The smallest absolute Gasteiger partial charge is 0.143 e. The highest BCUT2D eigenvalue weighted by molar-refractivity contribution is 6.12. The molecule has 0 spiro atoms. The second-order valence-corrected chi connectivity index (χ2v) is 7.92. The highest BCUT2D eigenvalue weighted by Gasteiger charge is 2.28. The summed E-state index contributed by atoms with van der Waals surface area (Å²) in [5, 5.41) is 0. The minimum absolute atomic E-state index is 0.614. The van der Waals surface area contributed by atoms with Crippen LogP contribution in [0.5, 0.6) is 5.75 Å². The zero-order valence-corrected chi connectivity index (χ0v) is 18.1. The molecule has 1 aromatic rings. The van der Waals surface area contributed by atoms with Gasteiger partial charge in [-0.3, -0.25) is 9.89 Å². The monoisotopic (exact) mass is 400 g/mol. The zero-order chi connectivity index (χ0) is 20.8. The van der Waals surface area contributed by atoms with Crippen LogP contribution in [0.25, 0.3) is 5.57 Å². The largest absolute Gasteiger partial charge is 0.495 e. The van der Waals surface area contributed by atoms with Crippen molar-refractivity contribution in [1.82, 2.24) is 9.80 Å². The van der Waals surface area contributed by atoms with Gasteiger partial charge in [0.2, 0.25) is 0 Å². The van der Waals surface area contributed by atoms with Crippen molar-refractivity contribution in [2.45, 2.75) is 25.8 Å². The number of nitrogens with two attached hydrogens (primary N) is 2. The Morgan fingerprint density at radius 3 is 2.45 bits per heavy atom. The van der Waals surface area contributed by atoms with E-state index in [-0.39, 0.29) is 0 Å². The summed E-state index contributed by atoms with van der Waals surface area (Å²) in [7, 11) is 3.87. The normalized spacial score (nSPS) is 20.5. The van der Waals surface area contributed by atoms with Crippen molar-refractivity contribution >= 4 is 23.2 Å². The maximum absolute atomic E-state index is 6.22. The summed E-state index contributed by atoms with van der Waals surface area (Å²) in [6.07, 6.45) is 5.78. The van der Waals surface area contributed by atoms with Crippen molar-refractivity contribution in [2.24, 2.45) is 10.7 Å². The molecule has 7 heteroatoms. The predicted octanol–water partition coefficient (Wildman–Crippen LogP) is 1.88. The number of hydrogen-bond donors (Lipinski definition) is 2. The lowest BCUT2D eigenvalue weighted by Crippen LogP contribution is -2.52. The van der Waals surface area contributed by atoms with E-state index in [1.165, 1.54) is 39.0 Å². The average molecular weight is 401 g/mol. The van der Waals surface area contributed by atoms with Gasteiger partial charge in [0.25, 0.3) is 0 Å². The van der Waals surface area contributed by atoms with E-state index in [2.05, 4.69) is 26.7 Å². The number of rotatable bonds is 6. The first-order chi connectivity index (χ1) is 14.1. The van der Waals surface area contributed by atoms with Crippen LogP contribution in [-0.4, -0.2) is 82.0 Å². The van der Waals surface area contributed by atoms with Crippen molar-refractivity contribution in [3.63, 3.8) is 0 Å². The number of piperazine rings is 1. The van der Waals surface area contributed by atoms with Crippen LogP contribution < -0.4 is 21.1 Å². The molecule has 0 aliphatic carbocycles. The lowest BCUT2D eigenvalue weighted by atomic mass is 9.98. The van der Waals surface area contributed by atoms with E-state index < -0.39 is 0 Å². The summed E-state index contributed by atoms with van der Waals surface area (Å²) in [4.78, 5) is 11.9. The van der Waals surface area contributed by atoms with Crippen molar-refractivity contribution in [3.05, 3.63) is 23.9 Å².